The summed E-state index contributed by atoms with van der Waals surface area (Å²) in [5.41, 5.74) is 3.74. The Kier molecular flexibility index (Phi) is 6.73. The molecular formula is C22H32N4O2. The number of carbonyl (C=O) groups is 1. The van der Waals surface area contributed by atoms with Crippen molar-refractivity contribution in [2.45, 2.75) is 59.0 Å². The number of aryl methyl sites for hydroxylation is 1. The van der Waals surface area contributed by atoms with E-state index in [1.807, 2.05) is 0 Å². The number of carbonyl (C=O) groups excluding carboxylic acids is 1. The number of piperidine rings is 1. The number of likely N-dealkylation sites (tertiary alicyclic amines) is 1. The first kappa shape index (κ1) is 20.4. The Labute approximate surface area is 166 Å². The van der Waals surface area contributed by atoms with E-state index in [4.69, 9.17) is 0 Å². The van der Waals surface area contributed by atoms with Crippen molar-refractivity contribution >= 4 is 5.91 Å². The monoisotopic (exact) mass is 384 g/mol. The third kappa shape index (κ3) is 5.58. The van der Waals surface area contributed by atoms with Gasteiger partial charge in [0.05, 0.1) is 6.42 Å². The maximum atomic E-state index is 12.4. The summed E-state index contributed by atoms with van der Waals surface area (Å²) in [7, 11) is 0. The summed E-state index contributed by atoms with van der Waals surface area (Å²) in [4.78, 5) is 26.5. The fourth-order valence-corrected chi connectivity index (χ4v) is 3.95. The molecule has 2 heterocycles. The van der Waals surface area contributed by atoms with Crippen molar-refractivity contribution in [3.63, 3.8) is 0 Å². The summed E-state index contributed by atoms with van der Waals surface area (Å²) in [5.74, 6) is 0.584. The highest BCUT2D eigenvalue weighted by Gasteiger charge is 2.22. The number of nitrogens with one attached hydrogen (secondary N) is 3. The number of hydrogen-bond acceptors (Lipinski definition) is 3. The maximum absolute atomic E-state index is 12.4. The fraction of sp³-hybridized carbons (Fsp3) is 0.545. The minimum Gasteiger partial charge on any atom is -0.352 e. The number of hydrogen-bond donors (Lipinski definition) is 3. The molecule has 1 amide bonds. The number of aromatic amines is 2. The average Bonchev–Trinajstić information content (AvgIpc) is 2.95. The quantitative estimate of drug-likeness (QED) is 0.686. The fourth-order valence-electron chi connectivity index (χ4n) is 3.95. The van der Waals surface area contributed by atoms with Crippen molar-refractivity contribution in [2.24, 2.45) is 5.92 Å². The van der Waals surface area contributed by atoms with E-state index in [2.05, 4.69) is 58.5 Å². The molecule has 0 radical (unpaired) electrons. The Morgan fingerprint density at radius 3 is 2.57 bits per heavy atom. The first-order valence-electron chi connectivity index (χ1n) is 10.3. The van der Waals surface area contributed by atoms with Gasteiger partial charge in [0.2, 0.25) is 5.91 Å². The van der Waals surface area contributed by atoms with Crippen LogP contribution in [0.5, 0.6) is 0 Å². The topological polar surface area (TPSA) is 81.0 Å². The molecule has 1 aromatic carbocycles. The van der Waals surface area contributed by atoms with Gasteiger partial charge in [-0.25, -0.2) is 0 Å². The second kappa shape index (κ2) is 9.24. The summed E-state index contributed by atoms with van der Waals surface area (Å²) < 4.78 is 0. The van der Waals surface area contributed by atoms with E-state index in [0.29, 0.717) is 11.5 Å². The average molecular weight is 385 g/mol. The van der Waals surface area contributed by atoms with Gasteiger partial charge in [0.25, 0.3) is 5.56 Å². The van der Waals surface area contributed by atoms with Crippen LogP contribution in [0.1, 0.15) is 49.1 Å². The van der Waals surface area contributed by atoms with Crippen LogP contribution in [-0.4, -0.2) is 40.1 Å². The van der Waals surface area contributed by atoms with Crippen molar-refractivity contribution in [3.05, 3.63) is 57.0 Å². The lowest BCUT2D eigenvalue weighted by Crippen LogP contribution is -2.47. The van der Waals surface area contributed by atoms with Gasteiger partial charge in [0, 0.05) is 30.4 Å². The van der Waals surface area contributed by atoms with E-state index < -0.39 is 0 Å². The molecule has 0 unspecified atom stereocenters. The molecule has 1 fully saturated rings. The van der Waals surface area contributed by atoms with Gasteiger partial charge in [-0.2, -0.15) is 0 Å². The molecule has 6 heteroatoms. The molecule has 6 nitrogen and oxygen atoms in total. The van der Waals surface area contributed by atoms with E-state index >= 15 is 0 Å². The summed E-state index contributed by atoms with van der Waals surface area (Å²) >= 11 is 0. The van der Waals surface area contributed by atoms with Crippen LogP contribution < -0.4 is 10.9 Å². The molecule has 1 aromatic heterocycles. The molecule has 152 valence electrons. The van der Waals surface area contributed by atoms with E-state index in [-0.39, 0.29) is 23.9 Å². The molecule has 3 N–H and O–H groups in total. The molecule has 28 heavy (non-hydrogen) atoms. The Hall–Kier alpha value is -2.34. The highest BCUT2D eigenvalue weighted by atomic mass is 16.2. The summed E-state index contributed by atoms with van der Waals surface area (Å²) in [6, 6.07) is 9.05. The summed E-state index contributed by atoms with van der Waals surface area (Å²) in [6.45, 7) is 9.09. The van der Waals surface area contributed by atoms with E-state index in [1.54, 1.807) is 6.92 Å². The van der Waals surface area contributed by atoms with Crippen LogP contribution in [0.15, 0.2) is 29.1 Å². The number of benzene rings is 1. The van der Waals surface area contributed by atoms with Crippen molar-refractivity contribution in [2.75, 3.05) is 13.1 Å². The molecule has 0 bridgehead atoms. The molecule has 1 saturated heterocycles. The van der Waals surface area contributed by atoms with E-state index in [1.165, 1.54) is 11.1 Å². The maximum Gasteiger partial charge on any atom is 0.267 e. The normalized spacial score (nSPS) is 17.8. The lowest BCUT2D eigenvalue weighted by Gasteiger charge is -2.33. The van der Waals surface area contributed by atoms with Gasteiger partial charge in [-0.15, -0.1) is 0 Å². The number of aromatic nitrogens is 2. The zero-order valence-corrected chi connectivity index (χ0v) is 17.2. The minimum absolute atomic E-state index is 0.0851. The van der Waals surface area contributed by atoms with Crippen LogP contribution >= 0.6 is 0 Å². The van der Waals surface area contributed by atoms with E-state index in [9.17, 15) is 9.59 Å². The highest BCUT2D eigenvalue weighted by molar-refractivity contribution is 5.79. The lowest BCUT2D eigenvalue weighted by atomic mass is 10.0. The van der Waals surface area contributed by atoms with Crippen LogP contribution in [0.25, 0.3) is 0 Å². The van der Waals surface area contributed by atoms with Crippen molar-refractivity contribution in [1.29, 1.82) is 0 Å². The Morgan fingerprint density at radius 1 is 1.21 bits per heavy atom. The first-order valence-corrected chi connectivity index (χ1v) is 10.3. The smallest absolute Gasteiger partial charge is 0.267 e. The molecule has 3 rings (SSSR count). The Balaban J connectivity index is 1.51. The summed E-state index contributed by atoms with van der Waals surface area (Å²) in [6.07, 6.45) is 3.29. The van der Waals surface area contributed by atoms with Crippen LogP contribution in [-0.2, 0) is 24.2 Å². The van der Waals surface area contributed by atoms with Crippen LogP contribution in [0.4, 0.5) is 0 Å². The molecular weight excluding hydrogens is 352 g/mol. The van der Waals surface area contributed by atoms with Gasteiger partial charge < -0.3 is 10.4 Å². The third-order valence-corrected chi connectivity index (χ3v) is 5.37. The predicted octanol–water partition coefficient (Wildman–Crippen LogP) is 2.53. The Morgan fingerprint density at radius 2 is 1.93 bits per heavy atom. The molecule has 0 saturated carbocycles. The molecule has 0 spiro atoms. The van der Waals surface area contributed by atoms with Crippen LogP contribution in [0.3, 0.4) is 0 Å². The Bertz CT molecular complexity index is 835. The van der Waals surface area contributed by atoms with Gasteiger partial charge in [0.15, 0.2) is 0 Å². The molecule has 1 aliphatic rings. The third-order valence-electron chi connectivity index (χ3n) is 5.37. The highest BCUT2D eigenvalue weighted by Crippen LogP contribution is 2.16. The van der Waals surface area contributed by atoms with Crippen LogP contribution in [0.2, 0.25) is 0 Å². The van der Waals surface area contributed by atoms with E-state index in [0.717, 1.165) is 44.6 Å². The first-order chi connectivity index (χ1) is 13.4. The van der Waals surface area contributed by atoms with Crippen molar-refractivity contribution < 1.29 is 4.79 Å². The van der Waals surface area contributed by atoms with Gasteiger partial charge in [-0.3, -0.25) is 19.6 Å². The number of rotatable bonds is 7. The second-order valence-electron chi connectivity index (χ2n) is 8.42. The number of H-pyrrole nitrogens is 2. The summed E-state index contributed by atoms with van der Waals surface area (Å²) in [5, 5.41) is 8.41. The molecule has 0 aliphatic carbocycles. The number of amides is 1. The predicted molar refractivity (Wildman–Crippen MR) is 111 cm³/mol. The van der Waals surface area contributed by atoms with Gasteiger partial charge in [-0.1, -0.05) is 38.1 Å². The minimum atomic E-state index is -0.209. The second-order valence-corrected chi connectivity index (χ2v) is 8.42. The lowest BCUT2D eigenvalue weighted by molar-refractivity contribution is -0.121. The zero-order valence-electron chi connectivity index (χ0n) is 17.2. The van der Waals surface area contributed by atoms with Crippen molar-refractivity contribution in [1.82, 2.24) is 20.4 Å². The van der Waals surface area contributed by atoms with Gasteiger partial charge in [-0.05, 0) is 49.8 Å². The van der Waals surface area contributed by atoms with Crippen LogP contribution in [0, 0.1) is 12.8 Å². The van der Waals surface area contributed by atoms with Gasteiger partial charge >= 0.3 is 0 Å². The standard InChI is InChI=1S/C22H32N4O2/c1-15(2)11-17-6-8-18(9-7-17)13-26-10-4-5-19(14-26)23-21(27)12-20-16(3)24-25-22(20)28/h6-9,15,19H,4-5,10-14H2,1-3H3,(H,23,27)(H2,24,25,28)/t19-/m1/s1. The van der Waals surface area contributed by atoms with Crippen molar-refractivity contribution in [3.8, 4) is 0 Å². The van der Waals surface area contributed by atoms with Gasteiger partial charge in [0.1, 0.15) is 0 Å². The largest absolute Gasteiger partial charge is 0.352 e. The molecule has 1 atom stereocenters. The number of nitrogens with zero attached hydrogens (tertiary/aromatic N) is 1. The molecule has 2 aromatic rings. The molecule has 1 aliphatic heterocycles. The zero-order chi connectivity index (χ0) is 20.1. The SMILES string of the molecule is Cc1[nH][nH]c(=O)c1CC(=O)N[C@@H]1CCCN(Cc2ccc(CC(C)C)cc2)C1.